The molecule has 0 radical (unpaired) electrons. The van der Waals surface area contributed by atoms with Gasteiger partial charge in [0.2, 0.25) is 0 Å². The molecule has 1 saturated carbocycles. The topological polar surface area (TPSA) is 20.2 Å². The van der Waals surface area contributed by atoms with Crippen molar-refractivity contribution in [3.8, 4) is 0 Å². The number of benzene rings is 1. The van der Waals surface area contributed by atoms with Crippen molar-refractivity contribution in [3.05, 3.63) is 34.6 Å². The van der Waals surface area contributed by atoms with Crippen LogP contribution in [0.5, 0.6) is 0 Å². The molecule has 1 N–H and O–H groups in total. The van der Waals surface area contributed by atoms with Crippen molar-refractivity contribution in [1.29, 1.82) is 0 Å². The van der Waals surface area contributed by atoms with E-state index in [9.17, 15) is 9.50 Å². The Kier molecular flexibility index (Phi) is 4.29. The Morgan fingerprint density at radius 1 is 1.39 bits per heavy atom. The average Bonchev–Trinajstić information content (AvgIpc) is 2.48. The molecule has 0 amide bonds. The molecule has 1 aromatic carbocycles. The number of rotatable bonds is 2. The highest BCUT2D eigenvalue weighted by molar-refractivity contribution is 6.30. The molecule has 0 spiro atoms. The van der Waals surface area contributed by atoms with E-state index in [2.05, 4.69) is 6.92 Å². The van der Waals surface area contributed by atoms with E-state index in [1.54, 1.807) is 18.2 Å². The quantitative estimate of drug-likeness (QED) is 0.792. The molecule has 2 rings (SSSR count). The lowest BCUT2D eigenvalue weighted by Gasteiger charge is -2.27. The van der Waals surface area contributed by atoms with E-state index < -0.39 is 5.60 Å². The summed E-state index contributed by atoms with van der Waals surface area (Å²) >= 11 is 5.78. The third kappa shape index (κ3) is 3.24. The maximum Gasteiger partial charge on any atom is 0.145 e. The van der Waals surface area contributed by atoms with Crippen molar-refractivity contribution < 1.29 is 9.50 Å². The van der Waals surface area contributed by atoms with E-state index in [0.29, 0.717) is 17.9 Å². The summed E-state index contributed by atoms with van der Waals surface area (Å²) in [6.07, 6.45) is 5.05. The van der Waals surface area contributed by atoms with Crippen LogP contribution in [0.3, 0.4) is 0 Å². The van der Waals surface area contributed by atoms with Gasteiger partial charge in [0, 0.05) is 6.42 Å². The fraction of sp³-hybridized carbons (Fsp3) is 0.600. The lowest BCUT2D eigenvalue weighted by Crippen LogP contribution is -2.31. The molecule has 1 aliphatic rings. The van der Waals surface area contributed by atoms with Gasteiger partial charge < -0.3 is 5.11 Å². The maximum absolute atomic E-state index is 13.9. The fourth-order valence-corrected chi connectivity index (χ4v) is 2.97. The minimum absolute atomic E-state index is 0.137. The maximum atomic E-state index is 13.9. The van der Waals surface area contributed by atoms with E-state index in [0.717, 1.165) is 32.1 Å². The van der Waals surface area contributed by atoms with E-state index in [4.69, 9.17) is 11.6 Å². The number of halogens is 2. The van der Waals surface area contributed by atoms with Crippen molar-refractivity contribution >= 4 is 11.6 Å². The van der Waals surface area contributed by atoms with Crippen LogP contribution in [0.4, 0.5) is 4.39 Å². The van der Waals surface area contributed by atoms with Gasteiger partial charge in [-0.3, -0.25) is 0 Å². The second-order valence-electron chi connectivity index (χ2n) is 5.65. The van der Waals surface area contributed by atoms with Crippen LogP contribution in [0.15, 0.2) is 18.2 Å². The Labute approximate surface area is 113 Å². The summed E-state index contributed by atoms with van der Waals surface area (Å²) in [5.74, 6) is 0.271. The normalized spacial score (nSPS) is 29.0. The SMILES string of the molecule is CC1CCCC(O)(Cc2cccc(Cl)c2F)CC1. The molecule has 2 atom stereocenters. The number of hydrogen-bond acceptors (Lipinski definition) is 1. The van der Waals surface area contributed by atoms with Crippen molar-refractivity contribution in [2.24, 2.45) is 5.92 Å². The molecule has 3 heteroatoms. The summed E-state index contributed by atoms with van der Waals surface area (Å²) < 4.78 is 13.9. The molecular weight excluding hydrogens is 251 g/mol. The summed E-state index contributed by atoms with van der Waals surface area (Å²) in [6, 6.07) is 5.00. The minimum Gasteiger partial charge on any atom is -0.390 e. The van der Waals surface area contributed by atoms with E-state index >= 15 is 0 Å². The molecule has 100 valence electrons. The van der Waals surface area contributed by atoms with Crippen molar-refractivity contribution in [2.75, 3.05) is 0 Å². The van der Waals surface area contributed by atoms with Gasteiger partial charge in [-0.1, -0.05) is 43.5 Å². The van der Waals surface area contributed by atoms with Gasteiger partial charge in [-0.2, -0.15) is 0 Å². The number of hydrogen-bond donors (Lipinski definition) is 1. The summed E-state index contributed by atoms with van der Waals surface area (Å²) in [7, 11) is 0. The van der Waals surface area contributed by atoms with E-state index in [1.807, 2.05) is 0 Å². The van der Waals surface area contributed by atoms with Crippen LogP contribution in [0.25, 0.3) is 0 Å². The summed E-state index contributed by atoms with van der Waals surface area (Å²) in [5.41, 5.74) is -0.240. The molecule has 18 heavy (non-hydrogen) atoms. The highest BCUT2D eigenvalue weighted by atomic mass is 35.5. The third-order valence-electron chi connectivity index (χ3n) is 3.99. The van der Waals surface area contributed by atoms with Gasteiger partial charge in [0.05, 0.1) is 10.6 Å². The summed E-state index contributed by atoms with van der Waals surface area (Å²) in [4.78, 5) is 0. The first-order valence-electron chi connectivity index (χ1n) is 6.65. The standard InChI is InChI=1S/C15H20ClFO/c1-11-4-3-8-15(18,9-7-11)10-12-5-2-6-13(16)14(12)17/h2,5-6,11,18H,3-4,7-10H2,1H3. The van der Waals surface area contributed by atoms with Gasteiger partial charge in [0.1, 0.15) is 5.82 Å². The highest BCUT2D eigenvalue weighted by Gasteiger charge is 2.31. The van der Waals surface area contributed by atoms with Crippen molar-refractivity contribution in [3.63, 3.8) is 0 Å². The fourth-order valence-electron chi connectivity index (χ4n) is 2.78. The van der Waals surface area contributed by atoms with Gasteiger partial charge >= 0.3 is 0 Å². The van der Waals surface area contributed by atoms with Gasteiger partial charge in [0.25, 0.3) is 0 Å². The monoisotopic (exact) mass is 270 g/mol. The van der Waals surface area contributed by atoms with Crippen LogP contribution in [0, 0.1) is 11.7 Å². The lowest BCUT2D eigenvalue weighted by molar-refractivity contribution is 0.0236. The van der Waals surface area contributed by atoms with Crippen LogP contribution in [-0.2, 0) is 6.42 Å². The molecule has 0 bridgehead atoms. The molecule has 0 heterocycles. The van der Waals surface area contributed by atoms with Gasteiger partial charge in [-0.15, -0.1) is 0 Å². The zero-order valence-corrected chi connectivity index (χ0v) is 11.5. The largest absolute Gasteiger partial charge is 0.390 e. The molecule has 1 nitrogen and oxygen atoms in total. The van der Waals surface area contributed by atoms with Gasteiger partial charge in [0.15, 0.2) is 0 Å². The van der Waals surface area contributed by atoms with Crippen molar-refractivity contribution in [1.82, 2.24) is 0 Å². The Morgan fingerprint density at radius 2 is 2.17 bits per heavy atom. The molecule has 1 aliphatic carbocycles. The summed E-state index contributed by atoms with van der Waals surface area (Å²) in [5, 5.41) is 10.8. The second kappa shape index (κ2) is 5.58. The third-order valence-corrected chi connectivity index (χ3v) is 4.28. The predicted octanol–water partition coefficient (Wildman–Crippen LogP) is 4.35. The zero-order chi connectivity index (χ0) is 13.2. The van der Waals surface area contributed by atoms with E-state index in [1.165, 1.54) is 0 Å². The molecule has 0 aliphatic heterocycles. The zero-order valence-electron chi connectivity index (χ0n) is 10.8. The second-order valence-corrected chi connectivity index (χ2v) is 6.06. The van der Waals surface area contributed by atoms with Gasteiger partial charge in [-0.05, 0) is 36.8 Å². The predicted molar refractivity (Wildman–Crippen MR) is 72.3 cm³/mol. The first-order chi connectivity index (χ1) is 8.50. The lowest BCUT2D eigenvalue weighted by atomic mass is 9.87. The Balaban J connectivity index is 2.14. The van der Waals surface area contributed by atoms with E-state index in [-0.39, 0.29) is 10.8 Å². The Hall–Kier alpha value is -0.600. The first kappa shape index (κ1) is 13.8. The molecule has 2 unspecified atom stereocenters. The Bertz CT molecular complexity index is 421. The molecule has 0 saturated heterocycles. The van der Waals surface area contributed by atoms with Crippen LogP contribution in [0.2, 0.25) is 5.02 Å². The Morgan fingerprint density at radius 3 is 2.94 bits per heavy atom. The van der Waals surface area contributed by atoms with Crippen LogP contribution in [0.1, 0.15) is 44.6 Å². The molecule has 1 fully saturated rings. The highest BCUT2D eigenvalue weighted by Crippen LogP contribution is 2.33. The van der Waals surface area contributed by atoms with Crippen LogP contribution in [-0.4, -0.2) is 10.7 Å². The molecule has 0 aromatic heterocycles. The van der Waals surface area contributed by atoms with Crippen LogP contribution >= 0.6 is 11.6 Å². The molecular formula is C15H20ClFO. The molecule has 1 aromatic rings. The first-order valence-corrected chi connectivity index (χ1v) is 7.03. The van der Waals surface area contributed by atoms with Crippen LogP contribution < -0.4 is 0 Å². The smallest absolute Gasteiger partial charge is 0.145 e. The van der Waals surface area contributed by atoms with Gasteiger partial charge in [-0.25, -0.2) is 4.39 Å². The average molecular weight is 271 g/mol. The minimum atomic E-state index is -0.768. The summed E-state index contributed by atoms with van der Waals surface area (Å²) in [6.45, 7) is 2.21. The number of aliphatic hydroxyl groups is 1. The van der Waals surface area contributed by atoms with Crippen molar-refractivity contribution in [2.45, 2.75) is 51.0 Å².